The lowest BCUT2D eigenvalue weighted by Gasteiger charge is -2.09. The standard InChI is InChI=1S/C14H21FN2O2/c1-11(2)19-9-3-8-16-14(18)17-10-12-4-6-13(15)7-5-12/h4-7,11H,3,8-10H2,1-2H3,(H2,16,17,18). The second-order valence-corrected chi connectivity index (χ2v) is 4.51. The van der Waals surface area contributed by atoms with Gasteiger partial charge in [-0.15, -0.1) is 0 Å². The van der Waals surface area contributed by atoms with Gasteiger partial charge in [0.05, 0.1) is 6.10 Å². The van der Waals surface area contributed by atoms with Crippen LogP contribution >= 0.6 is 0 Å². The molecule has 1 aromatic rings. The first-order chi connectivity index (χ1) is 9.08. The molecule has 0 bridgehead atoms. The molecule has 4 nitrogen and oxygen atoms in total. The van der Waals surface area contributed by atoms with Crippen LogP contribution in [0.1, 0.15) is 25.8 Å². The van der Waals surface area contributed by atoms with Crippen LogP contribution < -0.4 is 10.6 Å². The van der Waals surface area contributed by atoms with Crippen molar-refractivity contribution in [2.24, 2.45) is 0 Å². The number of hydrogen-bond acceptors (Lipinski definition) is 2. The van der Waals surface area contributed by atoms with Gasteiger partial charge in [-0.25, -0.2) is 9.18 Å². The zero-order valence-electron chi connectivity index (χ0n) is 11.4. The summed E-state index contributed by atoms with van der Waals surface area (Å²) in [6.07, 6.45) is 0.995. The van der Waals surface area contributed by atoms with Crippen LogP contribution in [0.25, 0.3) is 0 Å². The van der Waals surface area contributed by atoms with Gasteiger partial charge in [0.1, 0.15) is 5.82 Å². The maximum atomic E-state index is 12.7. The molecular weight excluding hydrogens is 247 g/mol. The molecule has 2 amide bonds. The number of nitrogens with one attached hydrogen (secondary N) is 2. The van der Waals surface area contributed by atoms with E-state index in [9.17, 15) is 9.18 Å². The Morgan fingerprint density at radius 3 is 2.58 bits per heavy atom. The first-order valence-electron chi connectivity index (χ1n) is 6.45. The summed E-state index contributed by atoms with van der Waals surface area (Å²) in [4.78, 5) is 11.4. The summed E-state index contributed by atoms with van der Waals surface area (Å²) in [5.74, 6) is -0.279. The molecule has 0 aliphatic carbocycles. The number of amides is 2. The molecule has 2 N–H and O–H groups in total. The van der Waals surface area contributed by atoms with Crippen molar-refractivity contribution in [2.75, 3.05) is 13.2 Å². The number of hydrogen-bond donors (Lipinski definition) is 2. The number of benzene rings is 1. The molecule has 5 heteroatoms. The molecule has 0 atom stereocenters. The van der Waals surface area contributed by atoms with Gasteiger partial charge in [-0.1, -0.05) is 12.1 Å². The van der Waals surface area contributed by atoms with E-state index in [1.807, 2.05) is 13.8 Å². The zero-order chi connectivity index (χ0) is 14.1. The summed E-state index contributed by atoms with van der Waals surface area (Å²) >= 11 is 0. The third-order valence-electron chi connectivity index (χ3n) is 2.42. The SMILES string of the molecule is CC(C)OCCCNC(=O)NCc1ccc(F)cc1. The van der Waals surface area contributed by atoms with Gasteiger partial charge in [0.25, 0.3) is 0 Å². The van der Waals surface area contributed by atoms with Crippen molar-refractivity contribution >= 4 is 6.03 Å². The van der Waals surface area contributed by atoms with E-state index in [0.29, 0.717) is 19.7 Å². The van der Waals surface area contributed by atoms with Gasteiger partial charge in [-0.3, -0.25) is 0 Å². The molecule has 0 saturated heterocycles. The molecule has 106 valence electrons. The first kappa shape index (κ1) is 15.4. The van der Waals surface area contributed by atoms with Crippen LogP contribution in [0.2, 0.25) is 0 Å². The van der Waals surface area contributed by atoms with E-state index in [1.165, 1.54) is 12.1 Å². The van der Waals surface area contributed by atoms with E-state index in [-0.39, 0.29) is 18.0 Å². The van der Waals surface area contributed by atoms with Gasteiger partial charge in [-0.05, 0) is 38.0 Å². The minimum atomic E-state index is -0.279. The van der Waals surface area contributed by atoms with Crippen LogP contribution in [0.5, 0.6) is 0 Å². The van der Waals surface area contributed by atoms with Crippen LogP contribution in [0.3, 0.4) is 0 Å². The number of ether oxygens (including phenoxy) is 1. The molecule has 0 unspecified atom stereocenters. The molecule has 0 saturated carbocycles. The smallest absolute Gasteiger partial charge is 0.315 e. The highest BCUT2D eigenvalue weighted by Crippen LogP contribution is 2.01. The van der Waals surface area contributed by atoms with Crippen molar-refractivity contribution in [2.45, 2.75) is 32.9 Å². The minimum Gasteiger partial charge on any atom is -0.379 e. The van der Waals surface area contributed by atoms with Crippen molar-refractivity contribution in [1.29, 1.82) is 0 Å². The van der Waals surface area contributed by atoms with Gasteiger partial charge >= 0.3 is 6.03 Å². The third-order valence-corrected chi connectivity index (χ3v) is 2.42. The van der Waals surface area contributed by atoms with E-state index < -0.39 is 0 Å². The summed E-state index contributed by atoms with van der Waals surface area (Å²) in [7, 11) is 0. The van der Waals surface area contributed by atoms with Crippen LogP contribution in [0.15, 0.2) is 24.3 Å². The Morgan fingerprint density at radius 1 is 1.26 bits per heavy atom. The largest absolute Gasteiger partial charge is 0.379 e. The fourth-order valence-corrected chi connectivity index (χ4v) is 1.44. The Hall–Kier alpha value is -1.62. The molecule has 0 aliphatic heterocycles. The lowest BCUT2D eigenvalue weighted by Crippen LogP contribution is -2.35. The molecule has 1 rings (SSSR count). The summed E-state index contributed by atoms with van der Waals surface area (Å²) in [5, 5.41) is 5.44. The van der Waals surface area contributed by atoms with Gasteiger partial charge in [0, 0.05) is 19.7 Å². The second-order valence-electron chi connectivity index (χ2n) is 4.51. The monoisotopic (exact) mass is 268 g/mol. The molecule has 0 aliphatic rings. The van der Waals surface area contributed by atoms with Gasteiger partial charge in [0.2, 0.25) is 0 Å². The van der Waals surface area contributed by atoms with E-state index in [0.717, 1.165) is 12.0 Å². The Morgan fingerprint density at radius 2 is 1.95 bits per heavy atom. The van der Waals surface area contributed by atoms with Crippen LogP contribution in [0, 0.1) is 5.82 Å². The predicted molar refractivity (Wildman–Crippen MR) is 72.3 cm³/mol. The van der Waals surface area contributed by atoms with Crippen molar-refractivity contribution < 1.29 is 13.9 Å². The summed E-state index contributed by atoms with van der Waals surface area (Å²) in [5.41, 5.74) is 0.861. The quantitative estimate of drug-likeness (QED) is 0.746. The molecule has 0 radical (unpaired) electrons. The van der Waals surface area contributed by atoms with Gasteiger partial charge in [0.15, 0.2) is 0 Å². The first-order valence-corrected chi connectivity index (χ1v) is 6.45. The Labute approximate surface area is 113 Å². The van der Waals surface area contributed by atoms with Crippen molar-refractivity contribution in [1.82, 2.24) is 10.6 Å². The zero-order valence-corrected chi connectivity index (χ0v) is 11.4. The Kier molecular flexibility index (Phi) is 6.89. The highest BCUT2D eigenvalue weighted by atomic mass is 19.1. The van der Waals surface area contributed by atoms with E-state index in [4.69, 9.17) is 4.74 Å². The lowest BCUT2D eigenvalue weighted by atomic mass is 10.2. The highest BCUT2D eigenvalue weighted by Gasteiger charge is 2.00. The number of halogens is 1. The molecular formula is C14H21FN2O2. The predicted octanol–water partition coefficient (Wildman–Crippen LogP) is 2.44. The van der Waals surface area contributed by atoms with Crippen molar-refractivity contribution in [3.05, 3.63) is 35.6 Å². The molecule has 19 heavy (non-hydrogen) atoms. The molecule has 1 aromatic carbocycles. The number of rotatable bonds is 7. The maximum absolute atomic E-state index is 12.7. The molecule has 0 aromatic heterocycles. The molecule has 0 spiro atoms. The van der Waals surface area contributed by atoms with Crippen LogP contribution in [-0.2, 0) is 11.3 Å². The third kappa shape index (κ3) is 7.41. The number of carbonyl (C=O) groups is 1. The van der Waals surface area contributed by atoms with Crippen molar-refractivity contribution in [3.63, 3.8) is 0 Å². The normalized spacial score (nSPS) is 10.5. The van der Waals surface area contributed by atoms with E-state index in [2.05, 4.69) is 10.6 Å². The van der Waals surface area contributed by atoms with E-state index >= 15 is 0 Å². The van der Waals surface area contributed by atoms with Crippen molar-refractivity contribution in [3.8, 4) is 0 Å². The highest BCUT2D eigenvalue weighted by molar-refractivity contribution is 5.73. The second kappa shape index (κ2) is 8.48. The van der Waals surface area contributed by atoms with E-state index in [1.54, 1.807) is 12.1 Å². The Bertz CT molecular complexity index is 380. The number of urea groups is 1. The van der Waals surface area contributed by atoms with Gasteiger partial charge < -0.3 is 15.4 Å². The van der Waals surface area contributed by atoms with Crippen LogP contribution in [-0.4, -0.2) is 25.3 Å². The number of carbonyl (C=O) groups excluding carboxylic acids is 1. The summed E-state index contributed by atoms with van der Waals surface area (Å²) in [6.45, 7) is 5.54. The minimum absolute atomic E-state index is 0.215. The Balaban J connectivity index is 2.09. The summed E-state index contributed by atoms with van der Waals surface area (Å²) in [6, 6.07) is 5.81. The van der Waals surface area contributed by atoms with Crippen LogP contribution in [0.4, 0.5) is 9.18 Å². The van der Waals surface area contributed by atoms with Gasteiger partial charge in [-0.2, -0.15) is 0 Å². The fourth-order valence-electron chi connectivity index (χ4n) is 1.44. The maximum Gasteiger partial charge on any atom is 0.315 e. The lowest BCUT2D eigenvalue weighted by molar-refractivity contribution is 0.0774. The molecule has 0 fully saturated rings. The fraction of sp³-hybridized carbons (Fsp3) is 0.500. The molecule has 0 heterocycles. The average molecular weight is 268 g/mol. The average Bonchev–Trinajstić information content (AvgIpc) is 2.37. The summed E-state index contributed by atoms with van der Waals surface area (Å²) < 4.78 is 18.0. The topological polar surface area (TPSA) is 50.4 Å².